The smallest absolute Gasteiger partial charge is 0.303 e. The van der Waals surface area contributed by atoms with E-state index in [0.29, 0.717) is 0 Å². The highest BCUT2D eigenvalue weighted by Gasteiger charge is 2.29. The molecular weight excluding hydrogens is 270 g/mol. The summed E-state index contributed by atoms with van der Waals surface area (Å²) in [6.45, 7) is -1.40. The molecule has 0 atom stereocenters. The summed E-state index contributed by atoms with van der Waals surface area (Å²) in [7, 11) is 0. The third-order valence-corrected chi connectivity index (χ3v) is 2.48. The van der Waals surface area contributed by atoms with Gasteiger partial charge in [-0.1, -0.05) is 0 Å². The largest absolute Gasteiger partial charge is 0.401 e. The highest BCUT2D eigenvalue weighted by Crippen LogP contribution is 2.23. The standard InChI is InChI=1S/C8H8F6N2S/c9-7(10,11)1-6-16-5(3-17-6)2-15-4-8(12,13)14/h3,15H,1-2,4H2. The molecule has 0 spiro atoms. The van der Waals surface area contributed by atoms with Gasteiger partial charge in [-0.2, -0.15) is 26.3 Å². The first kappa shape index (κ1) is 14.2. The zero-order valence-electron chi connectivity index (χ0n) is 8.32. The molecule has 1 aromatic rings. The number of halogens is 6. The fourth-order valence-corrected chi connectivity index (χ4v) is 1.84. The number of rotatable bonds is 4. The third kappa shape index (κ3) is 6.47. The van der Waals surface area contributed by atoms with Crippen LogP contribution < -0.4 is 5.32 Å². The monoisotopic (exact) mass is 278 g/mol. The van der Waals surface area contributed by atoms with Gasteiger partial charge in [0.15, 0.2) is 0 Å². The topological polar surface area (TPSA) is 24.9 Å². The number of hydrogen-bond acceptors (Lipinski definition) is 3. The van der Waals surface area contributed by atoms with E-state index in [4.69, 9.17) is 0 Å². The summed E-state index contributed by atoms with van der Waals surface area (Å²) in [6, 6.07) is 0. The van der Waals surface area contributed by atoms with Crippen molar-refractivity contribution in [3.63, 3.8) is 0 Å². The van der Waals surface area contributed by atoms with E-state index < -0.39 is 25.3 Å². The summed E-state index contributed by atoms with van der Waals surface area (Å²) in [5, 5.41) is 3.21. The lowest BCUT2D eigenvalue weighted by atomic mass is 10.4. The number of nitrogens with zero attached hydrogens (tertiary/aromatic N) is 1. The van der Waals surface area contributed by atoms with Crippen LogP contribution in [-0.2, 0) is 13.0 Å². The maximum absolute atomic E-state index is 12.0. The molecule has 17 heavy (non-hydrogen) atoms. The number of thiazole rings is 1. The van der Waals surface area contributed by atoms with Crippen LogP contribution >= 0.6 is 11.3 Å². The Morgan fingerprint density at radius 3 is 2.29 bits per heavy atom. The fraction of sp³-hybridized carbons (Fsp3) is 0.625. The minimum Gasteiger partial charge on any atom is -0.303 e. The Bertz CT molecular complexity index is 356. The summed E-state index contributed by atoms with van der Waals surface area (Å²) < 4.78 is 71.2. The Morgan fingerprint density at radius 2 is 1.76 bits per heavy atom. The van der Waals surface area contributed by atoms with Gasteiger partial charge in [-0.25, -0.2) is 4.98 Å². The molecule has 0 aromatic carbocycles. The summed E-state index contributed by atoms with van der Waals surface area (Å²) >= 11 is 0.782. The van der Waals surface area contributed by atoms with E-state index in [1.54, 1.807) is 0 Å². The second kappa shape index (κ2) is 5.21. The van der Waals surface area contributed by atoms with Gasteiger partial charge in [-0.05, 0) is 0 Å². The van der Waals surface area contributed by atoms with Crippen LogP contribution in [0.2, 0.25) is 0 Å². The first-order valence-corrected chi connectivity index (χ1v) is 5.31. The molecule has 0 amide bonds. The highest BCUT2D eigenvalue weighted by molar-refractivity contribution is 7.09. The van der Waals surface area contributed by atoms with Gasteiger partial charge in [0.2, 0.25) is 0 Å². The second-order valence-electron chi connectivity index (χ2n) is 3.24. The predicted molar refractivity (Wildman–Crippen MR) is 49.6 cm³/mol. The van der Waals surface area contributed by atoms with Gasteiger partial charge in [0.25, 0.3) is 0 Å². The molecule has 2 nitrogen and oxygen atoms in total. The van der Waals surface area contributed by atoms with E-state index >= 15 is 0 Å². The van der Waals surface area contributed by atoms with Crippen LogP contribution in [-0.4, -0.2) is 23.9 Å². The number of nitrogens with one attached hydrogen (secondary N) is 1. The minimum atomic E-state index is -4.35. The average Bonchev–Trinajstić information content (AvgIpc) is 2.46. The molecule has 0 bridgehead atoms. The summed E-state index contributed by atoms with van der Waals surface area (Å²) in [5.74, 6) is 0. The van der Waals surface area contributed by atoms with E-state index in [1.165, 1.54) is 5.38 Å². The van der Waals surface area contributed by atoms with Crippen molar-refractivity contribution in [2.75, 3.05) is 6.54 Å². The Labute approximate surface area is 96.7 Å². The fourth-order valence-electron chi connectivity index (χ4n) is 1.02. The summed E-state index contributed by atoms with van der Waals surface area (Å²) in [5.41, 5.74) is 0.179. The molecule has 0 aliphatic heterocycles. The zero-order chi connectivity index (χ0) is 13.1. The maximum atomic E-state index is 12.0. The number of hydrogen-bond donors (Lipinski definition) is 1. The normalized spacial score (nSPS) is 13.1. The van der Waals surface area contributed by atoms with E-state index in [9.17, 15) is 26.3 Å². The summed E-state index contributed by atoms with van der Waals surface area (Å²) in [4.78, 5) is 3.58. The van der Waals surface area contributed by atoms with E-state index in [0.717, 1.165) is 11.3 Å². The van der Waals surface area contributed by atoms with Gasteiger partial charge < -0.3 is 5.32 Å². The van der Waals surface area contributed by atoms with E-state index in [1.807, 2.05) is 0 Å². The van der Waals surface area contributed by atoms with Gasteiger partial charge in [0, 0.05) is 11.9 Å². The average molecular weight is 278 g/mol. The predicted octanol–water partition coefficient (Wildman–Crippen LogP) is 2.90. The first-order chi connectivity index (χ1) is 7.66. The number of aromatic nitrogens is 1. The van der Waals surface area contributed by atoms with Gasteiger partial charge in [-0.3, -0.25) is 0 Å². The van der Waals surface area contributed by atoms with Gasteiger partial charge >= 0.3 is 12.4 Å². The van der Waals surface area contributed by atoms with Crippen molar-refractivity contribution < 1.29 is 26.3 Å². The van der Waals surface area contributed by atoms with Crippen LogP contribution in [0, 0.1) is 0 Å². The molecule has 0 radical (unpaired) electrons. The van der Waals surface area contributed by atoms with Crippen LogP contribution in [0.3, 0.4) is 0 Å². The first-order valence-electron chi connectivity index (χ1n) is 4.43. The van der Waals surface area contributed by atoms with Gasteiger partial charge in [0.1, 0.15) is 5.01 Å². The Kier molecular flexibility index (Phi) is 4.36. The van der Waals surface area contributed by atoms with Gasteiger partial charge in [0.05, 0.1) is 18.7 Å². The maximum Gasteiger partial charge on any atom is 0.401 e. The van der Waals surface area contributed by atoms with Crippen LogP contribution in [0.15, 0.2) is 5.38 Å². The second-order valence-corrected chi connectivity index (χ2v) is 4.19. The molecule has 0 unspecified atom stereocenters. The van der Waals surface area contributed by atoms with Crippen LogP contribution in [0.25, 0.3) is 0 Å². The molecule has 0 aliphatic rings. The van der Waals surface area contributed by atoms with Crippen molar-refractivity contribution in [3.05, 3.63) is 16.1 Å². The number of alkyl halides is 6. The Balaban J connectivity index is 2.41. The molecule has 1 heterocycles. The lowest BCUT2D eigenvalue weighted by Gasteiger charge is -2.06. The van der Waals surface area contributed by atoms with Crippen LogP contribution in [0.5, 0.6) is 0 Å². The van der Waals surface area contributed by atoms with Crippen molar-refractivity contribution in [3.8, 4) is 0 Å². The van der Waals surface area contributed by atoms with Gasteiger partial charge in [-0.15, -0.1) is 11.3 Å². The van der Waals surface area contributed by atoms with Crippen molar-refractivity contribution in [1.82, 2.24) is 10.3 Å². The van der Waals surface area contributed by atoms with Crippen LogP contribution in [0.4, 0.5) is 26.3 Å². The molecule has 98 valence electrons. The Hall–Kier alpha value is -0.830. The highest BCUT2D eigenvalue weighted by atomic mass is 32.1. The SMILES string of the molecule is FC(F)(F)CNCc1csc(CC(F)(F)F)n1. The van der Waals surface area contributed by atoms with E-state index in [-0.39, 0.29) is 17.2 Å². The molecule has 1 rings (SSSR count). The van der Waals surface area contributed by atoms with Crippen molar-refractivity contribution in [2.45, 2.75) is 25.3 Å². The molecule has 9 heteroatoms. The van der Waals surface area contributed by atoms with Crippen molar-refractivity contribution >= 4 is 11.3 Å². The quantitative estimate of drug-likeness (QED) is 0.857. The lowest BCUT2D eigenvalue weighted by molar-refractivity contribution is -0.127. The molecule has 0 fully saturated rings. The molecule has 0 aliphatic carbocycles. The van der Waals surface area contributed by atoms with Crippen LogP contribution in [0.1, 0.15) is 10.7 Å². The third-order valence-electron chi connectivity index (χ3n) is 1.58. The molecule has 0 saturated heterocycles. The zero-order valence-corrected chi connectivity index (χ0v) is 9.14. The van der Waals surface area contributed by atoms with E-state index in [2.05, 4.69) is 10.3 Å². The van der Waals surface area contributed by atoms with Crippen molar-refractivity contribution in [1.29, 1.82) is 0 Å². The lowest BCUT2D eigenvalue weighted by Crippen LogP contribution is -2.28. The Morgan fingerprint density at radius 1 is 1.12 bits per heavy atom. The molecule has 1 aromatic heterocycles. The molecule has 1 N–H and O–H groups in total. The molecule has 0 saturated carbocycles. The molecular formula is C8H8F6N2S. The minimum absolute atomic E-state index is 0.152. The van der Waals surface area contributed by atoms with Crippen molar-refractivity contribution in [2.24, 2.45) is 0 Å². The summed E-state index contributed by atoms with van der Waals surface area (Å²) in [6.07, 6.45) is -9.85.